The van der Waals surface area contributed by atoms with E-state index < -0.39 is 28.5 Å². The van der Waals surface area contributed by atoms with Gasteiger partial charge in [0.05, 0.1) is 10.6 Å². The maximum absolute atomic E-state index is 13.7. The first-order valence-electron chi connectivity index (χ1n) is 11.1. The summed E-state index contributed by atoms with van der Waals surface area (Å²) in [7, 11) is -2.62. The minimum Gasteiger partial charge on any atom is -0.357 e. The fraction of sp³-hybridized carbons (Fsp3) is 0.231. The molecule has 0 aliphatic rings. The molecule has 0 aromatic heterocycles. The van der Waals surface area contributed by atoms with Gasteiger partial charge in [0.1, 0.15) is 12.6 Å². The van der Waals surface area contributed by atoms with Crippen molar-refractivity contribution in [1.82, 2.24) is 10.2 Å². The van der Waals surface area contributed by atoms with Crippen molar-refractivity contribution in [3.05, 3.63) is 93.4 Å². The number of nitrogens with one attached hydrogen (secondary N) is 1. The first kappa shape index (κ1) is 27.7. The summed E-state index contributed by atoms with van der Waals surface area (Å²) in [4.78, 5) is 27.6. The maximum Gasteiger partial charge on any atom is 0.264 e. The predicted molar refractivity (Wildman–Crippen MR) is 145 cm³/mol. The van der Waals surface area contributed by atoms with Crippen LogP contribution in [0.3, 0.4) is 0 Å². The third-order valence-electron chi connectivity index (χ3n) is 5.66. The van der Waals surface area contributed by atoms with Crippen molar-refractivity contribution < 1.29 is 18.0 Å². The first-order chi connectivity index (χ1) is 17.0. The van der Waals surface area contributed by atoms with Gasteiger partial charge in [-0.25, -0.2) is 8.42 Å². The average molecular weight is 593 g/mol. The second kappa shape index (κ2) is 11.9. The molecule has 10 heteroatoms. The van der Waals surface area contributed by atoms with E-state index in [1.807, 2.05) is 31.2 Å². The van der Waals surface area contributed by atoms with E-state index in [9.17, 15) is 18.0 Å². The van der Waals surface area contributed by atoms with Crippen molar-refractivity contribution in [2.24, 2.45) is 0 Å². The second-order valence-electron chi connectivity index (χ2n) is 8.24. The number of benzene rings is 3. The van der Waals surface area contributed by atoms with Crippen LogP contribution < -0.4 is 9.62 Å². The van der Waals surface area contributed by atoms with Gasteiger partial charge in [-0.15, -0.1) is 0 Å². The van der Waals surface area contributed by atoms with Crippen LogP contribution in [-0.4, -0.2) is 44.8 Å². The van der Waals surface area contributed by atoms with Crippen LogP contribution in [0.5, 0.6) is 0 Å². The van der Waals surface area contributed by atoms with E-state index in [1.54, 1.807) is 43.3 Å². The molecule has 2 amide bonds. The number of carbonyl (C=O) groups excluding carboxylic acids is 2. The van der Waals surface area contributed by atoms with Crippen LogP contribution in [0.2, 0.25) is 5.02 Å². The van der Waals surface area contributed by atoms with E-state index in [0.29, 0.717) is 5.02 Å². The minimum absolute atomic E-state index is 0.0498. The molecule has 1 N–H and O–H groups in total. The molecule has 1 atom stereocenters. The largest absolute Gasteiger partial charge is 0.357 e. The highest BCUT2D eigenvalue weighted by Crippen LogP contribution is 2.26. The van der Waals surface area contributed by atoms with E-state index >= 15 is 0 Å². The van der Waals surface area contributed by atoms with Crippen molar-refractivity contribution >= 4 is 55.1 Å². The van der Waals surface area contributed by atoms with Crippen molar-refractivity contribution in [3.63, 3.8) is 0 Å². The first-order valence-corrected chi connectivity index (χ1v) is 13.7. The molecular formula is C26H27BrClN3O4S. The number of hydrogen-bond acceptors (Lipinski definition) is 4. The van der Waals surface area contributed by atoms with Gasteiger partial charge in [0, 0.05) is 23.1 Å². The number of likely N-dealkylation sites (N-methyl/N-ethyl adjacent to an activating group) is 1. The van der Waals surface area contributed by atoms with Gasteiger partial charge in [0.15, 0.2) is 0 Å². The number of anilines is 1. The van der Waals surface area contributed by atoms with Gasteiger partial charge in [-0.1, -0.05) is 57.4 Å². The van der Waals surface area contributed by atoms with Crippen LogP contribution in [-0.2, 0) is 26.2 Å². The van der Waals surface area contributed by atoms with Crippen LogP contribution in [0.15, 0.2) is 82.2 Å². The zero-order chi connectivity index (χ0) is 26.5. The number of carbonyl (C=O) groups is 2. The Bertz CT molecular complexity index is 1330. The Balaban J connectivity index is 2.02. The molecular weight excluding hydrogens is 566 g/mol. The van der Waals surface area contributed by atoms with E-state index in [4.69, 9.17) is 11.6 Å². The third kappa shape index (κ3) is 6.66. The van der Waals surface area contributed by atoms with Crippen LogP contribution >= 0.6 is 27.5 Å². The number of sulfonamides is 1. The van der Waals surface area contributed by atoms with Gasteiger partial charge in [-0.3, -0.25) is 13.9 Å². The lowest BCUT2D eigenvalue weighted by Gasteiger charge is -2.31. The molecule has 3 rings (SSSR count). The highest BCUT2D eigenvalue weighted by atomic mass is 79.9. The van der Waals surface area contributed by atoms with Crippen molar-refractivity contribution in [2.45, 2.75) is 31.3 Å². The summed E-state index contributed by atoms with van der Waals surface area (Å²) in [5.74, 6) is -0.894. The summed E-state index contributed by atoms with van der Waals surface area (Å²) in [6, 6.07) is 19.1. The van der Waals surface area contributed by atoms with E-state index in [0.717, 1.165) is 19.9 Å². The summed E-state index contributed by atoms with van der Waals surface area (Å²) >= 11 is 9.45. The number of amides is 2. The fourth-order valence-corrected chi connectivity index (χ4v) is 5.58. The molecule has 7 nitrogen and oxygen atoms in total. The smallest absolute Gasteiger partial charge is 0.264 e. The Hall–Kier alpha value is -2.88. The van der Waals surface area contributed by atoms with Crippen molar-refractivity contribution in [1.29, 1.82) is 0 Å². The molecule has 0 radical (unpaired) electrons. The number of hydrogen-bond donors (Lipinski definition) is 1. The molecule has 0 heterocycles. The summed E-state index contributed by atoms with van der Waals surface area (Å²) in [5, 5.41) is 2.99. The van der Waals surface area contributed by atoms with Crippen LogP contribution in [0.4, 0.5) is 5.69 Å². The quantitative estimate of drug-likeness (QED) is 0.388. The summed E-state index contributed by atoms with van der Waals surface area (Å²) in [6.45, 7) is 3.08. The number of nitrogens with zero attached hydrogens (tertiary/aromatic N) is 2. The Labute approximate surface area is 225 Å². The van der Waals surface area contributed by atoms with Crippen LogP contribution in [0.25, 0.3) is 0 Å². The molecule has 0 saturated carbocycles. The molecule has 0 spiro atoms. The predicted octanol–water partition coefficient (Wildman–Crippen LogP) is 4.77. The lowest BCUT2D eigenvalue weighted by molar-refractivity contribution is -0.139. The molecule has 0 saturated heterocycles. The van der Waals surface area contributed by atoms with E-state index in [1.165, 1.54) is 24.1 Å². The van der Waals surface area contributed by atoms with Gasteiger partial charge in [-0.05, 0) is 67.9 Å². The molecule has 36 heavy (non-hydrogen) atoms. The topological polar surface area (TPSA) is 86.8 Å². The molecule has 0 aliphatic carbocycles. The highest BCUT2D eigenvalue weighted by Gasteiger charge is 2.32. The fourth-order valence-electron chi connectivity index (χ4n) is 3.60. The summed E-state index contributed by atoms with van der Waals surface area (Å²) < 4.78 is 29.2. The van der Waals surface area contributed by atoms with Crippen LogP contribution in [0.1, 0.15) is 18.1 Å². The summed E-state index contributed by atoms with van der Waals surface area (Å²) in [5.41, 5.74) is 1.97. The lowest BCUT2D eigenvalue weighted by Crippen LogP contribution is -2.50. The molecule has 0 bridgehead atoms. The minimum atomic E-state index is -4.11. The Morgan fingerprint density at radius 2 is 1.67 bits per heavy atom. The van der Waals surface area contributed by atoms with Crippen molar-refractivity contribution in [2.75, 3.05) is 17.9 Å². The average Bonchev–Trinajstić information content (AvgIpc) is 2.85. The van der Waals surface area contributed by atoms with Crippen LogP contribution in [0, 0.1) is 6.92 Å². The molecule has 0 unspecified atom stereocenters. The van der Waals surface area contributed by atoms with Gasteiger partial charge in [0.2, 0.25) is 11.8 Å². The molecule has 0 aliphatic heterocycles. The molecule has 3 aromatic carbocycles. The van der Waals surface area contributed by atoms with E-state index in [-0.39, 0.29) is 23.0 Å². The Morgan fingerprint density at radius 3 is 2.25 bits per heavy atom. The molecule has 3 aromatic rings. The summed E-state index contributed by atoms with van der Waals surface area (Å²) in [6.07, 6.45) is 0. The normalized spacial score (nSPS) is 12.0. The molecule has 190 valence electrons. The second-order valence-corrected chi connectivity index (χ2v) is 11.5. The van der Waals surface area contributed by atoms with Gasteiger partial charge in [0.25, 0.3) is 10.0 Å². The van der Waals surface area contributed by atoms with Gasteiger partial charge < -0.3 is 10.2 Å². The molecule has 0 fully saturated rings. The number of aryl methyl sites for hydroxylation is 1. The zero-order valence-electron chi connectivity index (χ0n) is 20.1. The number of halogens is 2. The lowest BCUT2D eigenvalue weighted by atomic mass is 10.1. The van der Waals surface area contributed by atoms with Gasteiger partial charge in [-0.2, -0.15) is 0 Å². The standard InChI is InChI=1S/C26H27BrClN3O4S/c1-18-7-13-24(14-8-18)36(34,35)31(23-11-9-22(28)10-12-23)17-25(32)30(19(2)26(33)29-3)16-20-5-4-6-21(27)15-20/h4-15,19H,16-17H2,1-3H3,(H,29,33)/t19-/m1/s1. The SMILES string of the molecule is CNC(=O)[C@@H](C)N(Cc1cccc(Br)c1)C(=O)CN(c1ccc(Cl)cc1)S(=O)(=O)c1ccc(C)cc1. The maximum atomic E-state index is 13.7. The van der Waals surface area contributed by atoms with E-state index in [2.05, 4.69) is 21.2 Å². The zero-order valence-corrected chi connectivity index (χ0v) is 23.3. The number of rotatable bonds is 9. The Morgan fingerprint density at radius 1 is 1.03 bits per heavy atom. The monoisotopic (exact) mass is 591 g/mol. The third-order valence-corrected chi connectivity index (χ3v) is 8.19. The highest BCUT2D eigenvalue weighted by molar-refractivity contribution is 9.10. The van der Waals surface area contributed by atoms with Crippen molar-refractivity contribution in [3.8, 4) is 0 Å². The van der Waals surface area contributed by atoms with Gasteiger partial charge >= 0.3 is 0 Å². The Kier molecular flexibility index (Phi) is 9.16.